The first-order chi connectivity index (χ1) is 20.9. The molecule has 3 N–H and O–H groups in total. The van der Waals surface area contributed by atoms with Gasteiger partial charge in [0, 0.05) is 62.5 Å². The summed E-state index contributed by atoms with van der Waals surface area (Å²) in [5.74, 6) is -1.24. The number of hydrogen-bond donors (Lipinski definition) is 2. The Balaban J connectivity index is 0.000000317. The van der Waals surface area contributed by atoms with Crippen molar-refractivity contribution in [2.75, 3.05) is 53.5 Å². The number of rotatable bonds is 9. The van der Waals surface area contributed by atoms with E-state index in [2.05, 4.69) is 0 Å². The minimum atomic E-state index is -5.03. The number of amides is 3. The molecule has 0 aromatic heterocycles. The van der Waals surface area contributed by atoms with Gasteiger partial charge in [-0.25, -0.2) is 8.78 Å². The maximum absolute atomic E-state index is 12.8. The summed E-state index contributed by atoms with van der Waals surface area (Å²) >= 11 is 0. The number of hydrogen-bond acceptors (Lipinski definition) is 6. The molecule has 0 unspecified atom stereocenters. The van der Waals surface area contributed by atoms with E-state index in [0.29, 0.717) is 54.0 Å². The number of nitrogens with two attached hydrogens (primary N) is 1. The summed E-state index contributed by atoms with van der Waals surface area (Å²) in [7, 11) is 3.48. The lowest BCUT2D eigenvalue weighted by Crippen LogP contribution is -2.38. The van der Waals surface area contributed by atoms with E-state index in [1.165, 1.54) is 6.07 Å². The molecule has 2 aromatic carbocycles. The molecule has 15 heteroatoms. The number of benzene rings is 2. The van der Waals surface area contributed by atoms with Gasteiger partial charge < -0.3 is 30.3 Å². The Bertz CT molecular complexity index is 1430. The molecule has 0 radical (unpaired) electrons. The van der Waals surface area contributed by atoms with Crippen molar-refractivity contribution in [2.45, 2.75) is 19.0 Å². The van der Waals surface area contributed by atoms with Crippen molar-refractivity contribution in [3.8, 4) is 11.5 Å². The summed E-state index contributed by atoms with van der Waals surface area (Å²) in [5.41, 5.74) is 8.61. The van der Waals surface area contributed by atoms with Crippen LogP contribution < -0.4 is 20.5 Å². The number of ether oxygens (including phenoxy) is 2. The van der Waals surface area contributed by atoms with Gasteiger partial charge in [-0.15, -0.1) is 12.4 Å². The Labute approximate surface area is 263 Å². The summed E-state index contributed by atoms with van der Waals surface area (Å²) in [6.45, 7) is 0.566. The highest BCUT2D eigenvalue weighted by Crippen LogP contribution is 2.25. The van der Waals surface area contributed by atoms with Gasteiger partial charge in [0.1, 0.15) is 24.7 Å². The Morgan fingerprint density at radius 3 is 1.71 bits per heavy atom. The molecule has 0 aliphatic carbocycles. The highest BCUT2D eigenvalue weighted by molar-refractivity contribution is 5.97. The van der Waals surface area contributed by atoms with Gasteiger partial charge in [-0.05, 0) is 60.4 Å². The van der Waals surface area contributed by atoms with Crippen molar-refractivity contribution in [3.05, 3.63) is 82.5 Å². The Morgan fingerprint density at radius 1 is 0.867 bits per heavy atom. The Hall–Kier alpha value is -4.17. The third-order valence-electron chi connectivity index (χ3n) is 6.89. The van der Waals surface area contributed by atoms with E-state index in [-0.39, 0.29) is 55.9 Å². The molecule has 0 atom stereocenters. The van der Waals surface area contributed by atoms with Gasteiger partial charge in [-0.1, -0.05) is 0 Å². The molecule has 3 amide bonds. The van der Waals surface area contributed by atoms with E-state index in [1.807, 2.05) is 6.07 Å². The molecule has 0 saturated carbocycles. The SMILES string of the molecule is CN1CCc2cc(OC/C(=C/F)CN)ccc2C1=O.CN1CCc2cc(OC/C(=C/F)CNC(=O)C(F)(F)F)ccc2C1=O.Cl. The molecule has 4 rings (SSSR count). The fraction of sp³-hybridized carbons (Fsp3) is 0.367. The van der Waals surface area contributed by atoms with E-state index in [4.69, 9.17) is 15.2 Å². The van der Waals surface area contributed by atoms with Crippen LogP contribution in [0.25, 0.3) is 0 Å². The molecular formula is C30H34ClF5N4O5. The van der Waals surface area contributed by atoms with E-state index in [0.717, 1.165) is 17.5 Å². The topological polar surface area (TPSA) is 114 Å². The van der Waals surface area contributed by atoms with E-state index in [9.17, 15) is 36.3 Å². The molecule has 2 heterocycles. The zero-order valence-corrected chi connectivity index (χ0v) is 25.4. The molecule has 45 heavy (non-hydrogen) atoms. The highest BCUT2D eigenvalue weighted by atomic mass is 35.5. The molecule has 0 bridgehead atoms. The van der Waals surface area contributed by atoms with E-state index < -0.39 is 18.6 Å². The predicted molar refractivity (Wildman–Crippen MR) is 159 cm³/mol. The molecule has 2 aromatic rings. The number of fused-ring (bicyclic) bond motifs is 2. The van der Waals surface area contributed by atoms with Crippen molar-refractivity contribution in [2.24, 2.45) is 5.73 Å². The average Bonchev–Trinajstić information content (AvgIpc) is 3.01. The van der Waals surface area contributed by atoms with Crippen LogP contribution in [0, 0.1) is 0 Å². The number of carbonyl (C=O) groups is 3. The van der Waals surface area contributed by atoms with E-state index >= 15 is 0 Å². The smallest absolute Gasteiger partial charge is 0.471 e. The summed E-state index contributed by atoms with van der Waals surface area (Å²) in [6, 6.07) is 10.1. The molecule has 0 fully saturated rings. The van der Waals surface area contributed by atoms with Crippen LogP contribution >= 0.6 is 12.4 Å². The molecule has 0 saturated heterocycles. The van der Waals surface area contributed by atoms with Crippen molar-refractivity contribution in [3.63, 3.8) is 0 Å². The standard InChI is InChI=1S/C16H16F4N2O3.C14H17FN2O2.ClH/c1-22-5-4-11-6-12(2-3-13(11)14(22)23)25-9-10(7-17)8-21-15(24)16(18,19)20;1-17-5-4-11-6-12(2-3-13(11)14(17)18)19-9-10(7-15)8-16;/h2-3,6-7H,4-5,8-9H2,1H3,(H,21,24);2-3,6-7H,4-5,8-9,16H2,1H3;1H/b2*10-7+;. The number of alkyl halides is 3. The fourth-order valence-electron chi connectivity index (χ4n) is 4.24. The highest BCUT2D eigenvalue weighted by Gasteiger charge is 2.38. The molecule has 246 valence electrons. The quantitative estimate of drug-likeness (QED) is 0.391. The first-order valence-electron chi connectivity index (χ1n) is 13.5. The average molecular weight is 661 g/mol. The van der Waals surface area contributed by atoms with Gasteiger partial charge >= 0.3 is 12.1 Å². The van der Waals surface area contributed by atoms with Crippen LogP contribution in [0.15, 0.2) is 60.2 Å². The normalized spacial score (nSPS) is 14.8. The van der Waals surface area contributed by atoms with Gasteiger partial charge in [0.15, 0.2) is 0 Å². The maximum Gasteiger partial charge on any atom is 0.471 e. The zero-order chi connectivity index (χ0) is 32.4. The number of carbonyl (C=O) groups excluding carboxylic acids is 3. The number of likely N-dealkylation sites (N-methyl/N-ethyl adjacent to an activating group) is 2. The number of nitrogens with zero attached hydrogens (tertiary/aromatic N) is 2. The Morgan fingerprint density at radius 2 is 1.31 bits per heavy atom. The molecular weight excluding hydrogens is 627 g/mol. The van der Waals surface area contributed by atoms with Gasteiger partial charge in [0.2, 0.25) is 0 Å². The van der Waals surface area contributed by atoms with Crippen molar-refractivity contribution in [1.82, 2.24) is 15.1 Å². The summed E-state index contributed by atoms with van der Waals surface area (Å²) < 4.78 is 72.2. The largest absolute Gasteiger partial charge is 0.489 e. The minimum Gasteiger partial charge on any atom is -0.489 e. The van der Waals surface area contributed by atoms with Crippen molar-refractivity contribution in [1.29, 1.82) is 0 Å². The first kappa shape index (κ1) is 37.0. The Kier molecular flexibility index (Phi) is 13.8. The maximum atomic E-state index is 12.8. The van der Waals surface area contributed by atoms with Crippen LogP contribution in [0.5, 0.6) is 11.5 Å². The number of nitrogens with one attached hydrogen (secondary N) is 1. The van der Waals surface area contributed by atoms with Crippen LogP contribution in [0.2, 0.25) is 0 Å². The molecule has 9 nitrogen and oxygen atoms in total. The van der Waals surface area contributed by atoms with Gasteiger partial charge in [-0.3, -0.25) is 14.4 Å². The van der Waals surface area contributed by atoms with E-state index in [1.54, 1.807) is 53.5 Å². The monoisotopic (exact) mass is 660 g/mol. The van der Waals surface area contributed by atoms with Crippen molar-refractivity contribution < 1.29 is 45.8 Å². The lowest BCUT2D eigenvalue weighted by molar-refractivity contribution is -0.173. The second kappa shape index (κ2) is 16.8. The lowest BCUT2D eigenvalue weighted by Gasteiger charge is -2.25. The lowest BCUT2D eigenvalue weighted by atomic mass is 9.99. The van der Waals surface area contributed by atoms with Gasteiger partial charge in [0.05, 0.1) is 12.7 Å². The van der Waals surface area contributed by atoms with Crippen LogP contribution in [-0.2, 0) is 17.6 Å². The van der Waals surface area contributed by atoms with Crippen LogP contribution in [0.4, 0.5) is 22.0 Å². The fourth-order valence-corrected chi connectivity index (χ4v) is 4.24. The van der Waals surface area contributed by atoms with Crippen LogP contribution in [-0.4, -0.2) is 87.2 Å². The van der Waals surface area contributed by atoms with Crippen LogP contribution in [0.1, 0.15) is 31.8 Å². The summed E-state index contributed by atoms with van der Waals surface area (Å²) in [5, 5.41) is 1.57. The zero-order valence-electron chi connectivity index (χ0n) is 24.6. The van der Waals surface area contributed by atoms with Gasteiger partial charge in [-0.2, -0.15) is 13.2 Å². The first-order valence-corrected chi connectivity index (χ1v) is 13.5. The van der Waals surface area contributed by atoms with Gasteiger partial charge in [0.25, 0.3) is 11.8 Å². The minimum absolute atomic E-state index is 0. The number of halogens is 6. The molecule has 2 aliphatic heterocycles. The molecule has 0 spiro atoms. The third kappa shape index (κ3) is 10.2. The second-order valence-corrected chi connectivity index (χ2v) is 10.1. The predicted octanol–water partition coefficient (Wildman–Crippen LogP) is 4.15. The summed E-state index contributed by atoms with van der Waals surface area (Å²) in [6.07, 6.45) is -3.02. The third-order valence-corrected chi connectivity index (χ3v) is 6.89. The molecule has 2 aliphatic rings. The second-order valence-electron chi connectivity index (χ2n) is 10.1. The van der Waals surface area contributed by atoms with Crippen molar-refractivity contribution >= 4 is 30.1 Å². The summed E-state index contributed by atoms with van der Waals surface area (Å²) in [4.78, 5) is 37.9. The van der Waals surface area contributed by atoms with Crippen LogP contribution in [0.3, 0.4) is 0 Å².